The Bertz CT molecular complexity index is 1540. The van der Waals surface area contributed by atoms with E-state index < -0.39 is 0 Å². The number of nitrogen functional groups attached to an aromatic ring is 2. The van der Waals surface area contributed by atoms with E-state index in [1.54, 1.807) is 24.4 Å². The smallest absolute Gasteiger partial charge is 0.152 e. The number of halogens is 7. The van der Waals surface area contributed by atoms with Gasteiger partial charge in [0, 0.05) is 47.4 Å². The van der Waals surface area contributed by atoms with Crippen LogP contribution in [-0.4, -0.2) is 58.1 Å². The molecule has 5 rings (SSSR count). The molecule has 0 amide bonds. The van der Waals surface area contributed by atoms with Crippen molar-refractivity contribution in [2.24, 2.45) is 0 Å². The third kappa shape index (κ3) is 7.24. The number of likely N-dealkylation sites (N-methyl/N-ethyl adjacent to an activating group) is 1. The highest BCUT2D eigenvalue weighted by Crippen LogP contribution is 2.38. The zero-order valence-electron chi connectivity index (χ0n) is 20.8. The zero-order chi connectivity index (χ0) is 29.1. The number of aromatic nitrogens is 4. The maximum absolute atomic E-state index is 6.25. The fourth-order valence-corrected chi connectivity index (χ4v) is 5.36. The van der Waals surface area contributed by atoms with Crippen molar-refractivity contribution in [1.29, 1.82) is 0 Å². The highest BCUT2D eigenvalue weighted by molar-refractivity contribution is 6.45. The van der Waals surface area contributed by atoms with Gasteiger partial charge >= 0.3 is 0 Å². The first kappa shape index (κ1) is 30.9. The van der Waals surface area contributed by atoms with Crippen molar-refractivity contribution in [3.05, 3.63) is 71.9 Å². The predicted octanol–water partition coefficient (Wildman–Crippen LogP) is 7.78. The van der Waals surface area contributed by atoms with E-state index in [9.17, 15) is 0 Å². The second kappa shape index (κ2) is 13.3. The zero-order valence-corrected chi connectivity index (χ0v) is 26.1. The molecule has 1 saturated heterocycles. The van der Waals surface area contributed by atoms with Crippen LogP contribution in [0.25, 0.3) is 22.5 Å². The lowest BCUT2D eigenvalue weighted by Gasteiger charge is -2.33. The van der Waals surface area contributed by atoms with Crippen LogP contribution >= 0.6 is 81.2 Å². The van der Waals surface area contributed by atoms with E-state index in [0.29, 0.717) is 58.5 Å². The number of anilines is 3. The van der Waals surface area contributed by atoms with Crippen LogP contribution in [0.5, 0.6) is 0 Å². The summed E-state index contributed by atoms with van der Waals surface area (Å²) in [5, 5.41) is 2.48. The number of hydrogen-bond donors (Lipinski definition) is 2. The minimum Gasteiger partial charge on any atom is -0.382 e. The van der Waals surface area contributed by atoms with E-state index in [-0.39, 0.29) is 11.0 Å². The number of nitrogens with two attached hydrogens (primary N) is 2. The van der Waals surface area contributed by atoms with Gasteiger partial charge in [0.25, 0.3) is 0 Å². The molecular formula is C25H21Cl7N8. The Morgan fingerprint density at radius 3 is 1.60 bits per heavy atom. The molecule has 3 heterocycles. The standard InChI is InChI=1S/C15H16Cl3N5.C10H5Cl4N3/c1-22-2-4-23(5-3-22)12-8-20-14(15(19)21-12)10-6-9(16)7-11(17)13(10)18;11-4-1-5(8(14)6(12)2-4)9-10(15)17-7(13)3-16-9/h6-8H,2-5H2,1H3,(H2,19,21);1-3H,(H2,15,17). The summed E-state index contributed by atoms with van der Waals surface area (Å²) in [4.78, 5) is 21.3. The van der Waals surface area contributed by atoms with Crippen molar-refractivity contribution in [2.75, 3.05) is 49.6 Å². The molecule has 0 bridgehead atoms. The summed E-state index contributed by atoms with van der Waals surface area (Å²) in [6, 6.07) is 6.42. The first-order valence-corrected chi connectivity index (χ1v) is 14.2. The molecule has 0 spiro atoms. The third-order valence-corrected chi connectivity index (χ3v) is 8.10. The Balaban J connectivity index is 0.000000194. The summed E-state index contributed by atoms with van der Waals surface area (Å²) >= 11 is 41.9. The molecule has 4 aromatic rings. The summed E-state index contributed by atoms with van der Waals surface area (Å²) in [6.45, 7) is 3.76. The van der Waals surface area contributed by atoms with Crippen LogP contribution in [0.4, 0.5) is 17.5 Å². The average Bonchev–Trinajstić information content (AvgIpc) is 2.89. The quantitative estimate of drug-likeness (QED) is 0.211. The van der Waals surface area contributed by atoms with Gasteiger partial charge in [-0.1, -0.05) is 81.2 Å². The normalized spacial score (nSPS) is 13.7. The van der Waals surface area contributed by atoms with Crippen LogP contribution in [0.1, 0.15) is 0 Å². The molecule has 2 aromatic carbocycles. The Kier molecular flexibility index (Phi) is 10.3. The van der Waals surface area contributed by atoms with Gasteiger partial charge in [-0.3, -0.25) is 0 Å². The van der Waals surface area contributed by atoms with Crippen molar-refractivity contribution in [2.45, 2.75) is 0 Å². The number of nitrogens with zero attached hydrogens (tertiary/aromatic N) is 6. The second-order valence-corrected chi connectivity index (χ2v) is 11.5. The SMILES string of the molecule is CN1CCN(c2cnc(-c3cc(Cl)cc(Cl)c3Cl)c(N)n2)CC1.Nc1nc(Cl)cnc1-c1cc(Cl)cc(Cl)c1Cl. The van der Waals surface area contributed by atoms with Crippen molar-refractivity contribution in [3.63, 3.8) is 0 Å². The lowest BCUT2D eigenvalue weighted by Crippen LogP contribution is -2.44. The van der Waals surface area contributed by atoms with E-state index in [0.717, 1.165) is 32.0 Å². The first-order chi connectivity index (χ1) is 18.9. The van der Waals surface area contributed by atoms with Gasteiger partial charge in [0.1, 0.15) is 22.4 Å². The molecule has 8 nitrogen and oxygen atoms in total. The summed E-state index contributed by atoms with van der Waals surface area (Å²) in [7, 11) is 2.10. The van der Waals surface area contributed by atoms with Gasteiger partial charge in [-0.2, -0.15) is 0 Å². The van der Waals surface area contributed by atoms with Crippen molar-refractivity contribution < 1.29 is 0 Å². The van der Waals surface area contributed by atoms with Gasteiger partial charge < -0.3 is 21.3 Å². The van der Waals surface area contributed by atoms with Gasteiger partial charge in [-0.05, 0) is 31.3 Å². The topological polar surface area (TPSA) is 110 Å². The molecule has 0 unspecified atom stereocenters. The first-order valence-electron chi connectivity index (χ1n) is 11.6. The number of hydrogen-bond acceptors (Lipinski definition) is 8. The van der Waals surface area contributed by atoms with Crippen LogP contribution < -0.4 is 16.4 Å². The van der Waals surface area contributed by atoms with E-state index >= 15 is 0 Å². The molecule has 0 atom stereocenters. The van der Waals surface area contributed by atoms with Crippen LogP contribution in [0.2, 0.25) is 35.3 Å². The van der Waals surface area contributed by atoms with E-state index in [1.807, 2.05) is 0 Å². The van der Waals surface area contributed by atoms with Crippen LogP contribution in [0.3, 0.4) is 0 Å². The molecule has 210 valence electrons. The van der Waals surface area contributed by atoms with E-state index in [1.165, 1.54) is 12.3 Å². The Morgan fingerprint density at radius 1 is 0.650 bits per heavy atom. The lowest BCUT2D eigenvalue weighted by atomic mass is 10.1. The maximum Gasteiger partial charge on any atom is 0.152 e. The maximum atomic E-state index is 6.25. The lowest BCUT2D eigenvalue weighted by molar-refractivity contribution is 0.312. The van der Waals surface area contributed by atoms with Gasteiger partial charge in [0.2, 0.25) is 0 Å². The minimum absolute atomic E-state index is 0.165. The molecular weight excluding hydrogens is 661 g/mol. The fraction of sp³-hybridized carbons (Fsp3) is 0.200. The highest BCUT2D eigenvalue weighted by Gasteiger charge is 2.19. The largest absolute Gasteiger partial charge is 0.382 e. The summed E-state index contributed by atoms with van der Waals surface area (Å²) in [5.74, 6) is 1.24. The summed E-state index contributed by atoms with van der Waals surface area (Å²) in [5.41, 5.74) is 13.8. The molecule has 1 aliphatic heterocycles. The Hall–Kier alpha value is -2.01. The third-order valence-electron chi connectivity index (χ3n) is 5.88. The molecule has 15 heteroatoms. The number of rotatable bonds is 3. The monoisotopic (exact) mass is 678 g/mol. The van der Waals surface area contributed by atoms with E-state index in [4.69, 9.17) is 92.7 Å². The van der Waals surface area contributed by atoms with Crippen molar-refractivity contribution in [3.8, 4) is 22.5 Å². The molecule has 4 N–H and O–H groups in total. The van der Waals surface area contributed by atoms with Gasteiger partial charge in [0.05, 0.1) is 32.5 Å². The molecule has 0 aliphatic carbocycles. The van der Waals surface area contributed by atoms with Crippen LogP contribution in [0, 0.1) is 0 Å². The molecule has 0 saturated carbocycles. The Labute approximate surface area is 266 Å². The number of benzene rings is 2. The highest BCUT2D eigenvalue weighted by atomic mass is 35.5. The van der Waals surface area contributed by atoms with E-state index in [2.05, 4.69) is 36.8 Å². The molecule has 0 radical (unpaired) electrons. The van der Waals surface area contributed by atoms with Crippen LogP contribution in [-0.2, 0) is 0 Å². The molecule has 2 aromatic heterocycles. The van der Waals surface area contributed by atoms with Gasteiger partial charge in [-0.25, -0.2) is 19.9 Å². The Morgan fingerprint density at radius 2 is 1.12 bits per heavy atom. The van der Waals surface area contributed by atoms with Gasteiger partial charge in [0.15, 0.2) is 11.6 Å². The molecule has 1 fully saturated rings. The number of piperazine rings is 1. The summed E-state index contributed by atoms with van der Waals surface area (Å²) in [6.07, 6.45) is 3.08. The predicted molar refractivity (Wildman–Crippen MR) is 169 cm³/mol. The van der Waals surface area contributed by atoms with Crippen molar-refractivity contribution in [1.82, 2.24) is 24.8 Å². The fourth-order valence-electron chi connectivity index (χ4n) is 3.83. The van der Waals surface area contributed by atoms with Crippen molar-refractivity contribution >= 4 is 98.7 Å². The molecule has 1 aliphatic rings. The average molecular weight is 682 g/mol. The second-order valence-electron chi connectivity index (χ2n) is 8.68. The summed E-state index contributed by atoms with van der Waals surface area (Å²) < 4.78 is 0. The minimum atomic E-state index is 0.165. The van der Waals surface area contributed by atoms with Gasteiger partial charge in [-0.15, -0.1) is 0 Å². The van der Waals surface area contributed by atoms with Crippen LogP contribution in [0.15, 0.2) is 36.7 Å². The molecule has 40 heavy (non-hydrogen) atoms.